The molecule has 1 aromatic rings. The van der Waals surface area contributed by atoms with Gasteiger partial charge in [0.15, 0.2) is 0 Å². The van der Waals surface area contributed by atoms with Gasteiger partial charge in [0.05, 0.1) is 6.61 Å². The van der Waals surface area contributed by atoms with Gasteiger partial charge < -0.3 is 9.64 Å². The van der Waals surface area contributed by atoms with Crippen LogP contribution in [0.1, 0.15) is 18.1 Å². The van der Waals surface area contributed by atoms with E-state index in [1.54, 1.807) is 0 Å². The van der Waals surface area contributed by atoms with E-state index in [4.69, 9.17) is 4.74 Å². The van der Waals surface area contributed by atoms with Gasteiger partial charge >= 0.3 is 0 Å². The molecule has 0 aliphatic rings. The van der Waals surface area contributed by atoms with E-state index in [1.807, 2.05) is 6.92 Å². The zero-order valence-corrected chi connectivity index (χ0v) is 15.8. The van der Waals surface area contributed by atoms with Crippen molar-refractivity contribution in [3.05, 3.63) is 23.3 Å². The number of hydrogen-bond acceptors (Lipinski definition) is 2. The van der Waals surface area contributed by atoms with Gasteiger partial charge in [-0.25, -0.2) is 0 Å². The van der Waals surface area contributed by atoms with Gasteiger partial charge in [-0.15, -0.1) is 24.8 Å². The summed E-state index contributed by atoms with van der Waals surface area (Å²) in [5.74, 6) is 1.03. The van der Waals surface area contributed by atoms with Crippen LogP contribution in [0.25, 0.3) is 0 Å². The molecule has 0 fully saturated rings. The Morgan fingerprint density at radius 1 is 1.06 bits per heavy atom. The van der Waals surface area contributed by atoms with Crippen LogP contribution in [0.4, 0.5) is 5.69 Å². The van der Waals surface area contributed by atoms with E-state index in [9.17, 15) is 0 Å². The predicted molar refractivity (Wildman–Crippen MR) is 75.9 cm³/mol. The summed E-state index contributed by atoms with van der Waals surface area (Å²) in [6.07, 6.45) is 0. The Labute approximate surface area is 130 Å². The molecule has 0 atom stereocenters. The van der Waals surface area contributed by atoms with Crippen LogP contribution in [0.2, 0.25) is 0 Å². The Bertz CT molecular complexity index is 309. The Kier molecular flexibility index (Phi) is 13.1. The topological polar surface area (TPSA) is 12.5 Å². The summed E-state index contributed by atoms with van der Waals surface area (Å²) >= 11 is 0. The van der Waals surface area contributed by atoms with Gasteiger partial charge in [-0.3, -0.25) is 0 Å². The number of hydrogen-bond donors (Lipinski definition) is 0. The fourth-order valence-electron chi connectivity index (χ4n) is 1.56. The van der Waals surface area contributed by atoms with Crippen LogP contribution in [-0.2, 0) is 19.5 Å². The number of ether oxygens (including phenoxy) is 1. The van der Waals surface area contributed by atoms with Crippen LogP contribution in [0.5, 0.6) is 5.75 Å². The molecule has 96 valence electrons. The average molecular weight is 332 g/mol. The van der Waals surface area contributed by atoms with E-state index in [0.717, 1.165) is 12.4 Å². The number of aryl methyl sites for hydroxylation is 2. The Hall–Kier alpha value is 0.0234. The zero-order chi connectivity index (χ0) is 10.7. The molecule has 0 aliphatic heterocycles. The van der Waals surface area contributed by atoms with Crippen LogP contribution in [0.15, 0.2) is 12.1 Å². The first kappa shape index (κ1) is 22.2. The van der Waals surface area contributed by atoms with Gasteiger partial charge in [-0.2, -0.15) is 0 Å². The quantitative estimate of drug-likeness (QED) is 0.785. The van der Waals surface area contributed by atoms with Crippen LogP contribution in [0.3, 0.4) is 0 Å². The molecule has 0 aromatic heterocycles. The van der Waals surface area contributed by atoms with Gasteiger partial charge in [0.1, 0.15) is 5.75 Å². The van der Waals surface area contributed by atoms with Crippen LogP contribution < -0.4 is 9.64 Å². The van der Waals surface area contributed by atoms with Crippen molar-refractivity contribution < 1.29 is 24.2 Å². The number of rotatable bonds is 3. The summed E-state index contributed by atoms with van der Waals surface area (Å²) in [5, 5.41) is 0. The average Bonchev–Trinajstić information content (AvgIpc) is 2.10. The third-order valence-electron chi connectivity index (χ3n) is 2.25. The van der Waals surface area contributed by atoms with Crippen molar-refractivity contribution in [2.24, 2.45) is 0 Å². The standard InChI is InChI=1S/C12H19NO.2ClH.Zn/c1-6-14-12-9(2)7-11(13(4)5)8-10(12)3;;;/h7-8H,6H2,1-5H3;2*1H;. The second-order valence-electron chi connectivity index (χ2n) is 3.74. The minimum Gasteiger partial charge on any atom is -0.493 e. The molecule has 0 N–H and O–H groups in total. The van der Waals surface area contributed by atoms with Crippen LogP contribution >= 0.6 is 24.8 Å². The van der Waals surface area contributed by atoms with E-state index < -0.39 is 0 Å². The monoisotopic (exact) mass is 329 g/mol. The molecule has 5 heteroatoms. The molecule has 1 aromatic carbocycles. The van der Waals surface area contributed by atoms with E-state index in [0.29, 0.717) is 0 Å². The van der Waals surface area contributed by atoms with Gasteiger partial charge in [0, 0.05) is 39.3 Å². The SMILES string of the molecule is CCOc1c(C)cc(N(C)C)cc1C.Cl.Cl.[Zn]. The molecule has 0 radical (unpaired) electrons. The minimum atomic E-state index is 0. The first-order valence-corrected chi connectivity index (χ1v) is 4.97. The van der Waals surface area contributed by atoms with Gasteiger partial charge in [-0.1, -0.05) is 0 Å². The van der Waals surface area contributed by atoms with Crippen molar-refractivity contribution in [3.63, 3.8) is 0 Å². The van der Waals surface area contributed by atoms with E-state index in [1.165, 1.54) is 16.8 Å². The Morgan fingerprint density at radius 2 is 1.47 bits per heavy atom. The first-order valence-electron chi connectivity index (χ1n) is 4.97. The largest absolute Gasteiger partial charge is 0.493 e. The second kappa shape index (κ2) is 9.99. The Balaban J connectivity index is -0.000000653. The molecule has 17 heavy (non-hydrogen) atoms. The van der Waals surface area contributed by atoms with Crippen molar-refractivity contribution in [3.8, 4) is 5.75 Å². The number of nitrogens with zero attached hydrogens (tertiary/aromatic N) is 1. The van der Waals surface area contributed by atoms with Crippen molar-refractivity contribution in [1.29, 1.82) is 0 Å². The third-order valence-corrected chi connectivity index (χ3v) is 2.25. The van der Waals surface area contributed by atoms with Gasteiger partial charge in [0.25, 0.3) is 0 Å². The Morgan fingerprint density at radius 3 is 1.76 bits per heavy atom. The minimum absolute atomic E-state index is 0. The van der Waals surface area contributed by atoms with Crippen molar-refractivity contribution in [2.45, 2.75) is 20.8 Å². The number of benzene rings is 1. The molecule has 0 aliphatic carbocycles. The molecule has 0 saturated heterocycles. The molecule has 1 rings (SSSR count). The number of halogens is 2. The molecule has 0 amide bonds. The van der Waals surface area contributed by atoms with Crippen molar-refractivity contribution in [1.82, 2.24) is 0 Å². The van der Waals surface area contributed by atoms with Crippen molar-refractivity contribution in [2.75, 3.05) is 25.6 Å². The third kappa shape index (κ3) is 5.94. The molecular weight excluding hydrogens is 310 g/mol. The predicted octanol–water partition coefficient (Wildman–Crippen LogP) is 3.61. The molecule has 2 nitrogen and oxygen atoms in total. The molecule has 0 unspecified atom stereocenters. The van der Waals surface area contributed by atoms with E-state index in [2.05, 4.69) is 45.0 Å². The maximum atomic E-state index is 5.58. The summed E-state index contributed by atoms with van der Waals surface area (Å²) < 4.78 is 5.58. The zero-order valence-electron chi connectivity index (χ0n) is 11.2. The molecule has 0 saturated carbocycles. The second-order valence-corrected chi connectivity index (χ2v) is 3.74. The molecule has 0 spiro atoms. The summed E-state index contributed by atoms with van der Waals surface area (Å²) in [6.45, 7) is 6.91. The fourth-order valence-corrected chi connectivity index (χ4v) is 1.56. The van der Waals surface area contributed by atoms with Crippen LogP contribution in [-0.4, -0.2) is 20.7 Å². The summed E-state index contributed by atoms with van der Waals surface area (Å²) in [6, 6.07) is 4.30. The van der Waals surface area contributed by atoms with E-state index >= 15 is 0 Å². The normalized spacial score (nSPS) is 8.29. The number of anilines is 1. The fraction of sp³-hybridized carbons (Fsp3) is 0.500. The van der Waals surface area contributed by atoms with E-state index in [-0.39, 0.29) is 44.3 Å². The maximum absolute atomic E-state index is 5.58. The molecular formula is C12H21Cl2NOZn. The summed E-state index contributed by atoms with van der Waals surface area (Å²) in [5.41, 5.74) is 3.63. The maximum Gasteiger partial charge on any atom is 0.125 e. The molecule has 0 bridgehead atoms. The smallest absolute Gasteiger partial charge is 0.125 e. The first-order chi connectivity index (χ1) is 6.56. The summed E-state index contributed by atoms with van der Waals surface area (Å²) in [4.78, 5) is 2.11. The van der Waals surface area contributed by atoms with Crippen molar-refractivity contribution >= 4 is 30.5 Å². The molecule has 0 heterocycles. The summed E-state index contributed by atoms with van der Waals surface area (Å²) in [7, 11) is 4.10. The van der Waals surface area contributed by atoms with Gasteiger partial charge in [0.2, 0.25) is 0 Å². The van der Waals surface area contributed by atoms with Crippen LogP contribution in [0, 0.1) is 13.8 Å². The van der Waals surface area contributed by atoms with Gasteiger partial charge in [-0.05, 0) is 44.0 Å².